The zero-order valence-corrected chi connectivity index (χ0v) is 15.7. The van der Waals surface area contributed by atoms with Crippen LogP contribution in [0.2, 0.25) is 0 Å². The van der Waals surface area contributed by atoms with Gasteiger partial charge in [-0.15, -0.1) is 5.10 Å². The van der Waals surface area contributed by atoms with Crippen molar-refractivity contribution in [1.82, 2.24) is 24.9 Å². The van der Waals surface area contributed by atoms with Crippen LogP contribution < -0.4 is 10.1 Å². The fourth-order valence-electron chi connectivity index (χ4n) is 2.89. The number of nitro groups is 1. The zero-order valence-electron chi connectivity index (χ0n) is 15.7. The van der Waals surface area contributed by atoms with E-state index in [-0.39, 0.29) is 24.0 Å². The zero-order chi connectivity index (χ0) is 20.3. The number of carbonyl (C=O) groups is 1. The Labute approximate surface area is 160 Å². The van der Waals surface area contributed by atoms with E-state index in [1.165, 1.54) is 18.0 Å². The maximum atomic E-state index is 12.3. The molecule has 0 bridgehead atoms. The highest BCUT2D eigenvalue weighted by Gasteiger charge is 2.21. The number of methoxy groups -OCH3 is 1. The summed E-state index contributed by atoms with van der Waals surface area (Å²) in [5, 5.41) is 22.2. The standard InChI is InChI=1S/C18H20N6O4/c1-12-15(13(2)23(20-12)14-7-5-4-6-8-14)9-19-17(25)11-22-10-16(24(26)27)18(21-22)28-3/h4-8,10H,9,11H2,1-3H3,(H,19,25). The quantitative estimate of drug-likeness (QED) is 0.491. The lowest BCUT2D eigenvalue weighted by molar-refractivity contribution is -0.385. The maximum Gasteiger partial charge on any atom is 0.350 e. The molecule has 1 aromatic carbocycles. The average Bonchev–Trinajstić information content (AvgIpc) is 3.21. The number of hydrogen-bond acceptors (Lipinski definition) is 6. The second-order valence-electron chi connectivity index (χ2n) is 6.15. The van der Waals surface area contributed by atoms with Crippen molar-refractivity contribution in [3.8, 4) is 11.6 Å². The van der Waals surface area contributed by atoms with Crippen LogP contribution in [0.4, 0.5) is 5.69 Å². The number of para-hydroxylation sites is 1. The highest BCUT2D eigenvalue weighted by Crippen LogP contribution is 2.23. The van der Waals surface area contributed by atoms with E-state index in [4.69, 9.17) is 4.74 Å². The van der Waals surface area contributed by atoms with Crippen molar-refractivity contribution >= 4 is 11.6 Å². The number of benzene rings is 1. The van der Waals surface area contributed by atoms with Crippen molar-refractivity contribution in [1.29, 1.82) is 0 Å². The highest BCUT2D eigenvalue weighted by molar-refractivity contribution is 5.75. The molecule has 0 spiro atoms. The highest BCUT2D eigenvalue weighted by atomic mass is 16.6. The first kappa shape index (κ1) is 19.1. The molecule has 0 aliphatic heterocycles. The van der Waals surface area contributed by atoms with Crippen molar-refractivity contribution in [2.24, 2.45) is 0 Å². The van der Waals surface area contributed by atoms with E-state index in [0.717, 1.165) is 22.6 Å². The molecule has 0 atom stereocenters. The van der Waals surface area contributed by atoms with Crippen LogP contribution in [0.3, 0.4) is 0 Å². The molecular formula is C18H20N6O4. The first-order chi connectivity index (χ1) is 13.4. The third-order valence-electron chi connectivity index (χ3n) is 4.31. The average molecular weight is 384 g/mol. The largest absolute Gasteiger partial charge is 0.475 e. The third-order valence-corrected chi connectivity index (χ3v) is 4.31. The van der Waals surface area contributed by atoms with Gasteiger partial charge in [-0.25, -0.2) is 4.68 Å². The molecule has 10 nitrogen and oxygen atoms in total. The topological polar surface area (TPSA) is 117 Å². The van der Waals surface area contributed by atoms with Gasteiger partial charge in [0.25, 0.3) is 0 Å². The smallest absolute Gasteiger partial charge is 0.350 e. The number of hydrogen-bond donors (Lipinski definition) is 1. The molecule has 0 radical (unpaired) electrons. The molecular weight excluding hydrogens is 364 g/mol. The van der Waals surface area contributed by atoms with Crippen molar-refractivity contribution in [2.45, 2.75) is 26.9 Å². The van der Waals surface area contributed by atoms with Gasteiger partial charge in [0.1, 0.15) is 12.7 Å². The number of amides is 1. The van der Waals surface area contributed by atoms with E-state index in [1.807, 2.05) is 48.9 Å². The lowest BCUT2D eigenvalue weighted by atomic mass is 10.2. The number of aryl methyl sites for hydroxylation is 1. The van der Waals surface area contributed by atoms with Crippen LogP contribution in [0, 0.1) is 24.0 Å². The Balaban J connectivity index is 1.69. The summed E-state index contributed by atoms with van der Waals surface area (Å²) in [4.78, 5) is 22.6. The molecule has 2 heterocycles. The molecule has 28 heavy (non-hydrogen) atoms. The lowest BCUT2D eigenvalue weighted by Gasteiger charge is -2.07. The SMILES string of the molecule is COc1nn(CC(=O)NCc2c(C)nn(-c3ccccc3)c2C)cc1[N+](=O)[O-]. The molecule has 1 N–H and O–H groups in total. The number of rotatable bonds is 7. The van der Waals surface area contributed by atoms with Crippen LogP contribution in [0.1, 0.15) is 17.0 Å². The molecule has 146 valence electrons. The second-order valence-corrected chi connectivity index (χ2v) is 6.15. The Bertz CT molecular complexity index is 1010. The maximum absolute atomic E-state index is 12.3. The Kier molecular flexibility index (Phi) is 5.39. The number of nitrogens with zero attached hydrogens (tertiary/aromatic N) is 5. The van der Waals surface area contributed by atoms with Crippen LogP contribution in [-0.2, 0) is 17.9 Å². The van der Waals surface area contributed by atoms with Gasteiger partial charge in [-0.3, -0.25) is 19.6 Å². The molecule has 3 aromatic rings. The summed E-state index contributed by atoms with van der Waals surface area (Å²) in [5.41, 5.74) is 3.32. The minimum Gasteiger partial charge on any atom is -0.475 e. The minimum absolute atomic E-state index is 0.131. The fraction of sp³-hybridized carbons (Fsp3) is 0.278. The first-order valence-electron chi connectivity index (χ1n) is 8.53. The van der Waals surface area contributed by atoms with Gasteiger partial charge in [0.15, 0.2) is 0 Å². The summed E-state index contributed by atoms with van der Waals surface area (Å²) in [5.74, 6) is -0.458. The molecule has 0 saturated heterocycles. The van der Waals surface area contributed by atoms with E-state index in [2.05, 4.69) is 15.5 Å². The number of ether oxygens (including phenoxy) is 1. The van der Waals surface area contributed by atoms with Crippen molar-refractivity contribution in [2.75, 3.05) is 7.11 Å². The first-order valence-corrected chi connectivity index (χ1v) is 8.53. The molecule has 3 rings (SSSR count). The third kappa shape index (κ3) is 3.85. The van der Waals surface area contributed by atoms with Gasteiger partial charge < -0.3 is 10.1 Å². The van der Waals surface area contributed by atoms with Crippen LogP contribution in [0.5, 0.6) is 5.88 Å². The molecule has 10 heteroatoms. The minimum atomic E-state index is -0.606. The monoisotopic (exact) mass is 384 g/mol. The number of aromatic nitrogens is 4. The van der Waals surface area contributed by atoms with Crippen molar-refractivity contribution in [3.63, 3.8) is 0 Å². The molecule has 0 saturated carbocycles. The van der Waals surface area contributed by atoms with Gasteiger partial charge in [0, 0.05) is 17.8 Å². The van der Waals surface area contributed by atoms with Crippen LogP contribution >= 0.6 is 0 Å². The van der Waals surface area contributed by atoms with Crippen LogP contribution in [0.15, 0.2) is 36.5 Å². The van der Waals surface area contributed by atoms with E-state index in [0.29, 0.717) is 6.54 Å². The van der Waals surface area contributed by atoms with Crippen LogP contribution in [-0.4, -0.2) is 37.5 Å². The molecule has 1 amide bonds. The van der Waals surface area contributed by atoms with E-state index >= 15 is 0 Å². The lowest BCUT2D eigenvalue weighted by Crippen LogP contribution is -2.27. The molecule has 0 aliphatic rings. The van der Waals surface area contributed by atoms with Gasteiger partial charge >= 0.3 is 11.6 Å². The normalized spacial score (nSPS) is 10.7. The van der Waals surface area contributed by atoms with Gasteiger partial charge in [-0.05, 0) is 26.0 Å². The summed E-state index contributed by atoms with van der Waals surface area (Å²) in [7, 11) is 1.29. The summed E-state index contributed by atoms with van der Waals surface area (Å²) >= 11 is 0. The predicted octanol–water partition coefficient (Wildman–Crippen LogP) is 1.92. The predicted molar refractivity (Wildman–Crippen MR) is 100 cm³/mol. The van der Waals surface area contributed by atoms with E-state index in [9.17, 15) is 14.9 Å². The van der Waals surface area contributed by atoms with Gasteiger partial charge in [-0.2, -0.15) is 5.10 Å². The molecule has 0 aliphatic carbocycles. The fourth-order valence-corrected chi connectivity index (χ4v) is 2.89. The molecule has 0 unspecified atom stereocenters. The molecule has 0 fully saturated rings. The van der Waals surface area contributed by atoms with E-state index < -0.39 is 4.92 Å². The Morgan fingerprint density at radius 2 is 1.96 bits per heavy atom. The summed E-state index contributed by atoms with van der Waals surface area (Å²) in [6, 6.07) is 9.72. The number of carbonyl (C=O) groups excluding carboxylic acids is 1. The Hall–Kier alpha value is -3.69. The summed E-state index contributed by atoms with van der Waals surface area (Å²) in [6.07, 6.45) is 1.17. The summed E-state index contributed by atoms with van der Waals surface area (Å²) in [6.45, 7) is 3.96. The second kappa shape index (κ2) is 7.91. The Morgan fingerprint density at radius 1 is 1.25 bits per heavy atom. The van der Waals surface area contributed by atoms with Crippen molar-refractivity contribution in [3.05, 3.63) is 63.6 Å². The number of nitrogens with one attached hydrogen (secondary N) is 1. The molecule has 2 aromatic heterocycles. The van der Waals surface area contributed by atoms with Crippen LogP contribution in [0.25, 0.3) is 5.69 Å². The van der Waals surface area contributed by atoms with E-state index in [1.54, 1.807) is 0 Å². The van der Waals surface area contributed by atoms with Gasteiger partial charge in [0.2, 0.25) is 5.91 Å². The van der Waals surface area contributed by atoms with Gasteiger partial charge in [-0.1, -0.05) is 18.2 Å². The Morgan fingerprint density at radius 3 is 2.57 bits per heavy atom. The van der Waals surface area contributed by atoms with Crippen molar-refractivity contribution < 1.29 is 14.5 Å². The van der Waals surface area contributed by atoms with Gasteiger partial charge in [0.05, 0.1) is 23.4 Å². The summed E-state index contributed by atoms with van der Waals surface area (Å²) < 4.78 is 7.87.